The summed E-state index contributed by atoms with van der Waals surface area (Å²) in [6.45, 7) is -0.625. The first-order chi connectivity index (χ1) is 8.09. The fourth-order valence-corrected chi connectivity index (χ4v) is 1.69. The van der Waals surface area contributed by atoms with E-state index in [0.717, 1.165) is 10.9 Å². The molecule has 17 heavy (non-hydrogen) atoms. The van der Waals surface area contributed by atoms with Crippen molar-refractivity contribution < 1.29 is 19.4 Å². The lowest BCUT2D eigenvalue weighted by molar-refractivity contribution is -0.140. The average molecular weight is 233 g/mol. The summed E-state index contributed by atoms with van der Waals surface area (Å²) in [6, 6.07) is 9.18. The molecule has 0 amide bonds. The lowest BCUT2D eigenvalue weighted by atomic mass is 10.2. The van der Waals surface area contributed by atoms with Crippen LogP contribution in [0.15, 0.2) is 30.3 Å². The van der Waals surface area contributed by atoms with Gasteiger partial charge in [0.25, 0.3) is 0 Å². The fourth-order valence-electron chi connectivity index (χ4n) is 1.69. The van der Waals surface area contributed by atoms with Gasteiger partial charge in [-0.2, -0.15) is 0 Å². The molecule has 0 saturated carbocycles. The second-order valence-electron chi connectivity index (χ2n) is 3.62. The highest BCUT2D eigenvalue weighted by Crippen LogP contribution is 2.18. The zero-order chi connectivity index (χ0) is 12.4. The summed E-state index contributed by atoms with van der Waals surface area (Å²) in [7, 11) is 1.74. The van der Waals surface area contributed by atoms with Crippen molar-refractivity contribution in [2.75, 3.05) is 6.61 Å². The molecular formula is C12H11NO4. The van der Waals surface area contributed by atoms with E-state index in [1.807, 2.05) is 24.3 Å². The molecule has 1 aromatic carbocycles. The number of aromatic nitrogens is 1. The third kappa shape index (κ3) is 2.13. The monoisotopic (exact) mass is 233 g/mol. The number of para-hydroxylation sites is 1. The van der Waals surface area contributed by atoms with Crippen molar-refractivity contribution >= 4 is 22.8 Å². The molecule has 5 heteroatoms. The van der Waals surface area contributed by atoms with Crippen LogP contribution in [-0.2, 0) is 16.6 Å². The Kier molecular flexibility index (Phi) is 2.82. The van der Waals surface area contributed by atoms with E-state index >= 15 is 0 Å². The van der Waals surface area contributed by atoms with Gasteiger partial charge in [0.1, 0.15) is 5.69 Å². The van der Waals surface area contributed by atoms with Crippen LogP contribution >= 0.6 is 0 Å². The molecule has 0 radical (unpaired) electrons. The number of rotatable bonds is 3. The van der Waals surface area contributed by atoms with Crippen molar-refractivity contribution in [3.05, 3.63) is 36.0 Å². The summed E-state index contributed by atoms with van der Waals surface area (Å²) in [5.74, 6) is -1.80. The Morgan fingerprint density at radius 2 is 2.06 bits per heavy atom. The van der Waals surface area contributed by atoms with E-state index < -0.39 is 18.5 Å². The Morgan fingerprint density at radius 3 is 2.71 bits per heavy atom. The molecule has 0 spiro atoms. The van der Waals surface area contributed by atoms with E-state index in [1.165, 1.54) is 0 Å². The van der Waals surface area contributed by atoms with Crippen LogP contribution in [0.2, 0.25) is 0 Å². The smallest absolute Gasteiger partial charge is 0.355 e. The molecule has 0 atom stereocenters. The predicted molar refractivity (Wildman–Crippen MR) is 60.8 cm³/mol. The molecule has 0 saturated heterocycles. The van der Waals surface area contributed by atoms with Gasteiger partial charge in [-0.25, -0.2) is 9.59 Å². The number of aryl methyl sites for hydroxylation is 1. The summed E-state index contributed by atoms with van der Waals surface area (Å²) in [6.07, 6.45) is 0. The normalized spacial score (nSPS) is 10.4. The average Bonchev–Trinajstić information content (AvgIpc) is 2.64. The van der Waals surface area contributed by atoms with E-state index in [1.54, 1.807) is 17.7 Å². The lowest BCUT2D eigenvalue weighted by Crippen LogP contribution is -2.15. The first-order valence-corrected chi connectivity index (χ1v) is 5.03. The van der Waals surface area contributed by atoms with Crippen LogP contribution < -0.4 is 0 Å². The third-order valence-corrected chi connectivity index (χ3v) is 2.49. The number of esters is 1. The summed E-state index contributed by atoms with van der Waals surface area (Å²) >= 11 is 0. The van der Waals surface area contributed by atoms with E-state index in [4.69, 9.17) is 5.11 Å². The highest BCUT2D eigenvalue weighted by atomic mass is 16.5. The van der Waals surface area contributed by atoms with Crippen LogP contribution in [0.3, 0.4) is 0 Å². The Labute approximate surface area is 97.2 Å². The molecule has 1 N–H and O–H groups in total. The Bertz CT molecular complexity index is 585. The standard InChI is InChI=1S/C12H11NO4/c1-13-9-5-3-2-4-8(9)6-10(13)12(16)17-7-11(14)15/h2-6H,7H2,1H3,(H,14,15). The van der Waals surface area contributed by atoms with Gasteiger partial charge in [-0.1, -0.05) is 18.2 Å². The summed E-state index contributed by atoms with van der Waals surface area (Å²) in [5.41, 5.74) is 1.24. The maximum atomic E-state index is 11.6. The van der Waals surface area contributed by atoms with Gasteiger partial charge in [-0.05, 0) is 12.1 Å². The van der Waals surface area contributed by atoms with Gasteiger partial charge in [0.2, 0.25) is 0 Å². The first kappa shape index (κ1) is 11.2. The van der Waals surface area contributed by atoms with Crippen molar-refractivity contribution in [1.82, 2.24) is 4.57 Å². The number of carboxylic acids is 1. The molecule has 88 valence electrons. The van der Waals surface area contributed by atoms with Gasteiger partial charge in [0, 0.05) is 18.0 Å². The van der Waals surface area contributed by atoms with Gasteiger partial charge in [0.05, 0.1) is 0 Å². The lowest BCUT2D eigenvalue weighted by Gasteiger charge is -2.03. The number of hydrogen-bond donors (Lipinski definition) is 1. The number of carbonyl (C=O) groups excluding carboxylic acids is 1. The second kappa shape index (κ2) is 4.29. The van der Waals surface area contributed by atoms with Crippen LogP contribution in [-0.4, -0.2) is 28.2 Å². The molecule has 0 aliphatic heterocycles. The number of carboxylic acid groups (broad SMARTS) is 1. The van der Waals surface area contributed by atoms with E-state index in [0.29, 0.717) is 5.69 Å². The molecule has 2 rings (SSSR count). The van der Waals surface area contributed by atoms with Gasteiger partial charge in [-0.15, -0.1) is 0 Å². The first-order valence-electron chi connectivity index (χ1n) is 5.03. The molecule has 0 aliphatic carbocycles. The molecule has 0 unspecified atom stereocenters. The summed E-state index contributed by atoms with van der Waals surface area (Å²) in [5, 5.41) is 9.35. The van der Waals surface area contributed by atoms with E-state index in [-0.39, 0.29) is 0 Å². The predicted octanol–water partition coefficient (Wildman–Crippen LogP) is 1.42. The number of ether oxygens (including phenoxy) is 1. The molecule has 2 aromatic rings. The van der Waals surface area contributed by atoms with Crippen LogP contribution in [0.1, 0.15) is 10.5 Å². The highest BCUT2D eigenvalue weighted by Gasteiger charge is 2.15. The molecule has 1 aromatic heterocycles. The minimum Gasteiger partial charge on any atom is -0.479 e. The second-order valence-corrected chi connectivity index (χ2v) is 3.62. The number of benzene rings is 1. The van der Waals surface area contributed by atoms with Crippen LogP contribution in [0, 0.1) is 0 Å². The quantitative estimate of drug-likeness (QED) is 0.814. The van der Waals surface area contributed by atoms with Gasteiger partial charge in [0.15, 0.2) is 6.61 Å². The zero-order valence-electron chi connectivity index (χ0n) is 9.21. The maximum absolute atomic E-state index is 11.6. The number of fused-ring (bicyclic) bond motifs is 1. The highest BCUT2D eigenvalue weighted by molar-refractivity contribution is 5.96. The Hall–Kier alpha value is -2.30. The SMILES string of the molecule is Cn1c(C(=O)OCC(=O)O)cc2ccccc21. The van der Waals surface area contributed by atoms with E-state index in [9.17, 15) is 9.59 Å². The van der Waals surface area contributed by atoms with Crippen LogP contribution in [0.5, 0.6) is 0 Å². The minimum absolute atomic E-state index is 0.340. The number of hydrogen-bond acceptors (Lipinski definition) is 3. The van der Waals surface area contributed by atoms with Crippen LogP contribution in [0.25, 0.3) is 10.9 Å². The number of aliphatic carboxylic acids is 1. The summed E-state index contributed by atoms with van der Waals surface area (Å²) < 4.78 is 6.32. The van der Waals surface area contributed by atoms with Gasteiger partial charge >= 0.3 is 11.9 Å². The van der Waals surface area contributed by atoms with E-state index in [2.05, 4.69) is 4.74 Å². The van der Waals surface area contributed by atoms with Crippen molar-refractivity contribution in [3.63, 3.8) is 0 Å². The van der Waals surface area contributed by atoms with Crippen molar-refractivity contribution in [3.8, 4) is 0 Å². The molecule has 1 heterocycles. The molecule has 0 fully saturated rings. The zero-order valence-corrected chi connectivity index (χ0v) is 9.21. The largest absolute Gasteiger partial charge is 0.479 e. The molecule has 0 aliphatic rings. The number of nitrogens with zero attached hydrogens (tertiary/aromatic N) is 1. The van der Waals surface area contributed by atoms with Crippen molar-refractivity contribution in [2.45, 2.75) is 0 Å². The minimum atomic E-state index is -1.17. The van der Waals surface area contributed by atoms with Gasteiger partial charge in [-0.3, -0.25) is 0 Å². The summed E-state index contributed by atoms with van der Waals surface area (Å²) in [4.78, 5) is 21.9. The number of carbonyl (C=O) groups is 2. The van der Waals surface area contributed by atoms with Crippen LogP contribution in [0.4, 0.5) is 0 Å². The van der Waals surface area contributed by atoms with Crippen molar-refractivity contribution in [1.29, 1.82) is 0 Å². The third-order valence-electron chi connectivity index (χ3n) is 2.49. The fraction of sp³-hybridized carbons (Fsp3) is 0.167. The molecular weight excluding hydrogens is 222 g/mol. The maximum Gasteiger partial charge on any atom is 0.355 e. The molecule has 0 bridgehead atoms. The Morgan fingerprint density at radius 1 is 1.35 bits per heavy atom. The van der Waals surface area contributed by atoms with Gasteiger partial charge < -0.3 is 14.4 Å². The molecule has 5 nitrogen and oxygen atoms in total. The Balaban J connectivity index is 2.32. The van der Waals surface area contributed by atoms with Crippen molar-refractivity contribution in [2.24, 2.45) is 7.05 Å². The topological polar surface area (TPSA) is 68.5 Å².